The zero-order chi connectivity index (χ0) is 15.7. The van der Waals surface area contributed by atoms with E-state index in [4.69, 9.17) is 12.2 Å². The lowest BCUT2D eigenvalue weighted by atomic mass is 10.2. The minimum atomic E-state index is -1.26. The van der Waals surface area contributed by atoms with Gasteiger partial charge >= 0.3 is 0 Å². The van der Waals surface area contributed by atoms with Gasteiger partial charge in [-0.05, 0) is 35.2 Å². The second-order valence-electron chi connectivity index (χ2n) is 4.37. The van der Waals surface area contributed by atoms with Gasteiger partial charge in [-0.15, -0.1) is 11.3 Å². The van der Waals surface area contributed by atoms with Gasteiger partial charge in [0.15, 0.2) is 4.32 Å². The van der Waals surface area contributed by atoms with E-state index in [-0.39, 0.29) is 11.5 Å². The monoisotopic (exact) mass is 346 g/mol. The van der Waals surface area contributed by atoms with Crippen LogP contribution in [0.2, 0.25) is 0 Å². The Bertz CT molecular complexity index is 779. The fourth-order valence-corrected chi connectivity index (χ4v) is 3.96. The summed E-state index contributed by atoms with van der Waals surface area (Å²) in [5, 5.41) is 12.7. The van der Waals surface area contributed by atoms with Gasteiger partial charge < -0.3 is 9.90 Å². The fourth-order valence-electron chi connectivity index (χ4n) is 1.94. The highest BCUT2D eigenvalue weighted by molar-refractivity contribution is 8.27. The molecule has 7 heteroatoms. The number of thiophene rings is 1. The van der Waals surface area contributed by atoms with Crippen molar-refractivity contribution in [3.63, 3.8) is 0 Å². The number of carbonyl (C=O) groups is 2. The van der Waals surface area contributed by atoms with Gasteiger partial charge in [0.05, 0.1) is 16.6 Å². The third-order valence-electron chi connectivity index (χ3n) is 2.97. The van der Waals surface area contributed by atoms with Gasteiger partial charge in [0.1, 0.15) is 0 Å². The van der Waals surface area contributed by atoms with E-state index in [1.54, 1.807) is 18.2 Å². The van der Waals surface area contributed by atoms with Gasteiger partial charge in [-0.25, -0.2) is 0 Å². The first-order valence-electron chi connectivity index (χ1n) is 6.19. The molecule has 0 spiro atoms. The molecule has 2 heterocycles. The number of nitrogens with zero attached hydrogens (tertiary/aromatic N) is 1. The Balaban J connectivity index is 1.90. The molecule has 1 aromatic heterocycles. The van der Waals surface area contributed by atoms with Crippen LogP contribution in [0.5, 0.6) is 0 Å². The summed E-state index contributed by atoms with van der Waals surface area (Å²) in [4.78, 5) is 26.2. The van der Waals surface area contributed by atoms with Crippen LogP contribution in [-0.4, -0.2) is 16.2 Å². The van der Waals surface area contributed by atoms with Gasteiger partial charge in [0, 0.05) is 4.88 Å². The Kier molecular flexibility index (Phi) is 4.10. The zero-order valence-electron chi connectivity index (χ0n) is 11.0. The van der Waals surface area contributed by atoms with E-state index < -0.39 is 5.97 Å². The molecule has 0 N–H and O–H groups in total. The molecule has 1 amide bonds. The number of benzene rings is 1. The average Bonchev–Trinajstić information content (AvgIpc) is 3.09. The second-order valence-corrected chi connectivity index (χ2v) is 7.02. The van der Waals surface area contributed by atoms with Gasteiger partial charge in [-0.3, -0.25) is 9.69 Å². The lowest BCUT2D eigenvalue weighted by molar-refractivity contribution is -0.255. The minimum absolute atomic E-state index is 0.0586. The smallest absolute Gasteiger partial charge is 0.270 e. The fraction of sp³-hybridized carbons (Fsp3) is 0. The van der Waals surface area contributed by atoms with E-state index >= 15 is 0 Å². The number of thiocarbonyl (C=S) groups is 1. The quantitative estimate of drug-likeness (QED) is 0.631. The Hall–Kier alpha value is -1.96. The molecule has 1 aliphatic rings. The number of hydrogen-bond acceptors (Lipinski definition) is 6. The van der Waals surface area contributed by atoms with Crippen LogP contribution in [-0.2, 0) is 4.79 Å². The molecule has 1 fully saturated rings. The molecule has 22 heavy (non-hydrogen) atoms. The van der Waals surface area contributed by atoms with Crippen LogP contribution in [0.1, 0.15) is 15.2 Å². The molecule has 0 unspecified atom stereocenters. The summed E-state index contributed by atoms with van der Waals surface area (Å²) in [7, 11) is 0. The summed E-state index contributed by atoms with van der Waals surface area (Å²) in [6, 6.07) is 9.72. The molecule has 1 aromatic carbocycles. The Labute approximate surface area is 140 Å². The predicted octanol–water partition coefficient (Wildman–Crippen LogP) is 2.52. The molecule has 4 nitrogen and oxygen atoms in total. The van der Waals surface area contributed by atoms with Crippen LogP contribution < -0.4 is 10.0 Å². The third-order valence-corrected chi connectivity index (χ3v) is 5.09. The van der Waals surface area contributed by atoms with Crippen LogP contribution >= 0.6 is 35.3 Å². The number of amides is 1. The molecule has 0 saturated carbocycles. The van der Waals surface area contributed by atoms with Crippen LogP contribution in [0.4, 0.5) is 5.69 Å². The molecule has 0 bridgehead atoms. The normalized spacial score (nSPS) is 16.5. The standard InChI is InChI=1S/C15H9NO3S3/c17-13-12(8-11-2-1-7-21-11)22-15(20)16(13)10-5-3-9(4-6-10)14(18)19/h1-8H,(H,18,19)/p-1/b12-8+. The van der Waals surface area contributed by atoms with Gasteiger partial charge in [-0.1, -0.05) is 42.2 Å². The van der Waals surface area contributed by atoms with Gasteiger partial charge in [0.25, 0.3) is 5.91 Å². The number of rotatable bonds is 3. The first-order chi connectivity index (χ1) is 10.6. The predicted molar refractivity (Wildman–Crippen MR) is 90.7 cm³/mol. The van der Waals surface area contributed by atoms with Crippen LogP contribution in [0.25, 0.3) is 6.08 Å². The van der Waals surface area contributed by atoms with E-state index in [1.165, 1.54) is 40.1 Å². The van der Waals surface area contributed by atoms with Gasteiger partial charge in [0.2, 0.25) is 0 Å². The average molecular weight is 346 g/mol. The van der Waals surface area contributed by atoms with Crippen molar-refractivity contribution in [1.82, 2.24) is 0 Å². The molecule has 1 saturated heterocycles. The van der Waals surface area contributed by atoms with Crippen molar-refractivity contribution in [3.8, 4) is 0 Å². The van der Waals surface area contributed by atoms with Crippen molar-refractivity contribution in [1.29, 1.82) is 0 Å². The number of thioether (sulfide) groups is 1. The zero-order valence-corrected chi connectivity index (χ0v) is 13.5. The number of anilines is 1. The molecule has 110 valence electrons. The van der Waals surface area contributed by atoms with Crippen molar-refractivity contribution < 1.29 is 14.7 Å². The van der Waals surface area contributed by atoms with E-state index in [1.807, 2.05) is 17.5 Å². The van der Waals surface area contributed by atoms with E-state index in [9.17, 15) is 14.7 Å². The number of carboxylic acids is 1. The summed E-state index contributed by atoms with van der Waals surface area (Å²) in [5.74, 6) is -1.46. The summed E-state index contributed by atoms with van der Waals surface area (Å²) < 4.78 is 0.425. The largest absolute Gasteiger partial charge is 0.545 e. The van der Waals surface area contributed by atoms with E-state index in [0.717, 1.165) is 4.88 Å². The van der Waals surface area contributed by atoms with Crippen molar-refractivity contribution >= 4 is 63.3 Å². The van der Waals surface area contributed by atoms with Crippen LogP contribution in [0.15, 0.2) is 46.7 Å². The molecule has 1 aliphatic heterocycles. The topological polar surface area (TPSA) is 60.4 Å². The number of carboxylic acid groups (broad SMARTS) is 1. The van der Waals surface area contributed by atoms with Crippen molar-refractivity contribution in [2.75, 3.05) is 4.90 Å². The Morgan fingerprint density at radius 2 is 1.95 bits per heavy atom. The van der Waals surface area contributed by atoms with Crippen LogP contribution in [0.3, 0.4) is 0 Å². The highest BCUT2D eigenvalue weighted by atomic mass is 32.2. The summed E-state index contributed by atoms with van der Waals surface area (Å²) in [5.41, 5.74) is 0.602. The van der Waals surface area contributed by atoms with E-state index in [0.29, 0.717) is 14.9 Å². The van der Waals surface area contributed by atoms with E-state index in [2.05, 4.69) is 0 Å². The third kappa shape index (κ3) is 2.83. The Morgan fingerprint density at radius 3 is 2.55 bits per heavy atom. The number of hydrogen-bond donors (Lipinski definition) is 0. The van der Waals surface area contributed by atoms with Gasteiger partial charge in [-0.2, -0.15) is 0 Å². The maximum Gasteiger partial charge on any atom is 0.270 e. The summed E-state index contributed by atoms with van der Waals surface area (Å²) in [6.45, 7) is 0. The first kappa shape index (κ1) is 15.0. The Morgan fingerprint density at radius 1 is 1.23 bits per heavy atom. The highest BCUT2D eigenvalue weighted by Crippen LogP contribution is 2.36. The van der Waals surface area contributed by atoms with Crippen molar-refractivity contribution in [2.24, 2.45) is 0 Å². The van der Waals surface area contributed by atoms with Crippen molar-refractivity contribution in [3.05, 3.63) is 57.1 Å². The highest BCUT2D eigenvalue weighted by Gasteiger charge is 2.33. The van der Waals surface area contributed by atoms with Crippen molar-refractivity contribution in [2.45, 2.75) is 0 Å². The molecule has 0 radical (unpaired) electrons. The molecule has 3 rings (SSSR count). The number of aromatic carboxylic acids is 1. The van der Waals surface area contributed by atoms with Crippen LogP contribution in [0, 0.1) is 0 Å². The first-order valence-corrected chi connectivity index (χ1v) is 8.29. The molecule has 0 atom stereocenters. The lowest BCUT2D eigenvalue weighted by Crippen LogP contribution is -2.28. The maximum atomic E-state index is 12.5. The molecule has 0 aliphatic carbocycles. The maximum absolute atomic E-state index is 12.5. The second kappa shape index (κ2) is 6.04. The summed E-state index contributed by atoms with van der Waals surface area (Å²) in [6.07, 6.45) is 1.81. The minimum Gasteiger partial charge on any atom is -0.545 e. The SMILES string of the molecule is O=C([O-])c1ccc(N2C(=O)/C(=C\c3cccs3)SC2=S)cc1. The number of carbonyl (C=O) groups excluding carboxylic acids is 2. The molecular formula is C15H8NO3S3-. The molecular weight excluding hydrogens is 338 g/mol. The summed E-state index contributed by atoms with van der Waals surface area (Å²) >= 11 is 8.03. The lowest BCUT2D eigenvalue weighted by Gasteiger charge is -2.15. The molecule has 2 aromatic rings.